The molecule has 3 heteroatoms. The van der Waals surface area contributed by atoms with Crippen LogP contribution < -0.4 is 5.32 Å². The van der Waals surface area contributed by atoms with Crippen LogP contribution in [0.25, 0.3) is 0 Å². The van der Waals surface area contributed by atoms with Crippen molar-refractivity contribution >= 4 is 5.97 Å². The van der Waals surface area contributed by atoms with E-state index in [1.54, 1.807) is 0 Å². The number of hydrogen-bond acceptors (Lipinski definition) is 2. The predicted molar refractivity (Wildman–Crippen MR) is 62.1 cm³/mol. The molecular weight excluding hydrogens is 202 g/mol. The number of nitrogens with one attached hydrogen (secondary N) is 1. The van der Waals surface area contributed by atoms with Crippen molar-refractivity contribution < 1.29 is 9.90 Å². The van der Waals surface area contributed by atoms with Crippen LogP contribution in [0, 0.1) is 5.92 Å². The summed E-state index contributed by atoms with van der Waals surface area (Å²) in [6.07, 6.45) is 1.65. The molecular formula is C13H17NO2. The Bertz CT molecular complexity index is 363. The van der Waals surface area contributed by atoms with Crippen LogP contribution in [-0.2, 0) is 4.79 Å². The van der Waals surface area contributed by atoms with Crippen LogP contribution in [0.3, 0.4) is 0 Å². The molecule has 86 valence electrons. The van der Waals surface area contributed by atoms with Gasteiger partial charge in [-0.2, -0.15) is 0 Å². The molecule has 1 heterocycles. The molecule has 0 saturated carbocycles. The highest BCUT2D eigenvalue weighted by atomic mass is 16.4. The standard InChI is InChI=1S/C13H17NO2/c1-9-11(13(15)16)7-8-12(14-9)10-5-3-2-4-6-10/h2-6,9,11-12,14H,7-8H2,1H3,(H,15,16). The molecule has 1 aromatic carbocycles. The summed E-state index contributed by atoms with van der Waals surface area (Å²) in [6, 6.07) is 10.5. The lowest BCUT2D eigenvalue weighted by Gasteiger charge is -2.33. The van der Waals surface area contributed by atoms with E-state index < -0.39 is 5.97 Å². The second kappa shape index (κ2) is 4.66. The predicted octanol–water partition coefficient (Wildman–Crippen LogP) is 2.20. The van der Waals surface area contributed by atoms with E-state index in [1.807, 2.05) is 25.1 Å². The zero-order valence-electron chi connectivity index (χ0n) is 9.39. The van der Waals surface area contributed by atoms with Gasteiger partial charge in [-0.15, -0.1) is 0 Å². The number of carbonyl (C=O) groups is 1. The molecule has 16 heavy (non-hydrogen) atoms. The molecule has 0 bridgehead atoms. The second-order valence-electron chi connectivity index (χ2n) is 4.44. The van der Waals surface area contributed by atoms with Gasteiger partial charge in [-0.25, -0.2) is 0 Å². The third-order valence-corrected chi connectivity index (χ3v) is 3.35. The van der Waals surface area contributed by atoms with E-state index in [0.29, 0.717) is 6.04 Å². The van der Waals surface area contributed by atoms with Gasteiger partial charge in [0.05, 0.1) is 5.92 Å². The van der Waals surface area contributed by atoms with Gasteiger partial charge in [-0.05, 0) is 25.3 Å². The van der Waals surface area contributed by atoms with E-state index in [-0.39, 0.29) is 12.0 Å². The molecule has 0 aromatic heterocycles. The van der Waals surface area contributed by atoms with Crippen molar-refractivity contribution in [3.63, 3.8) is 0 Å². The molecule has 1 aromatic rings. The fourth-order valence-electron chi connectivity index (χ4n) is 2.40. The Morgan fingerprint density at radius 2 is 2.00 bits per heavy atom. The highest BCUT2D eigenvalue weighted by Gasteiger charge is 2.31. The maximum absolute atomic E-state index is 11.0. The molecule has 0 amide bonds. The van der Waals surface area contributed by atoms with Crippen LogP contribution in [0.5, 0.6) is 0 Å². The van der Waals surface area contributed by atoms with E-state index in [0.717, 1.165) is 12.8 Å². The molecule has 1 aliphatic rings. The quantitative estimate of drug-likeness (QED) is 0.801. The molecule has 2 rings (SSSR count). The van der Waals surface area contributed by atoms with Crippen LogP contribution >= 0.6 is 0 Å². The highest BCUT2D eigenvalue weighted by molar-refractivity contribution is 5.71. The van der Waals surface area contributed by atoms with Gasteiger partial charge >= 0.3 is 5.97 Å². The second-order valence-corrected chi connectivity index (χ2v) is 4.44. The summed E-state index contributed by atoms with van der Waals surface area (Å²) in [5.74, 6) is -0.938. The minimum Gasteiger partial charge on any atom is -0.481 e. The van der Waals surface area contributed by atoms with E-state index in [1.165, 1.54) is 5.56 Å². The van der Waals surface area contributed by atoms with E-state index >= 15 is 0 Å². The summed E-state index contributed by atoms with van der Waals surface area (Å²) in [5, 5.41) is 12.4. The average molecular weight is 219 g/mol. The molecule has 0 spiro atoms. The molecule has 2 N–H and O–H groups in total. The van der Waals surface area contributed by atoms with Gasteiger partial charge in [-0.1, -0.05) is 30.3 Å². The van der Waals surface area contributed by atoms with E-state index in [4.69, 9.17) is 5.11 Å². The molecule has 3 nitrogen and oxygen atoms in total. The Morgan fingerprint density at radius 1 is 1.31 bits per heavy atom. The zero-order chi connectivity index (χ0) is 11.5. The Kier molecular flexibility index (Phi) is 3.25. The van der Waals surface area contributed by atoms with Gasteiger partial charge in [-0.3, -0.25) is 4.79 Å². The van der Waals surface area contributed by atoms with Crippen LogP contribution in [0.2, 0.25) is 0 Å². The number of carboxylic acid groups (broad SMARTS) is 1. The van der Waals surface area contributed by atoms with Crippen molar-refractivity contribution in [2.24, 2.45) is 5.92 Å². The van der Waals surface area contributed by atoms with Crippen molar-refractivity contribution in [3.05, 3.63) is 35.9 Å². The number of rotatable bonds is 2. The van der Waals surface area contributed by atoms with Crippen LogP contribution in [0.15, 0.2) is 30.3 Å². The Morgan fingerprint density at radius 3 is 2.56 bits per heavy atom. The lowest BCUT2D eigenvalue weighted by atomic mass is 9.86. The van der Waals surface area contributed by atoms with Gasteiger partial charge < -0.3 is 10.4 Å². The lowest BCUT2D eigenvalue weighted by molar-refractivity contribution is -0.143. The van der Waals surface area contributed by atoms with Crippen molar-refractivity contribution in [3.8, 4) is 0 Å². The number of piperidine rings is 1. The topological polar surface area (TPSA) is 49.3 Å². The van der Waals surface area contributed by atoms with Gasteiger partial charge in [0.2, 0.25) is 0 Å². The molecule has 0 radical (unpaired) electrons. The average Bonchev–Trinajstić information content (AvgIpc) is 2.29. The summed E-state index contributed by atoms with van der Waals surface area (Å²) in [5.41, 5.74) is 1.25. The summed E-state index contributed by atoms with van der Waals surface area (Å²) in [7, 11) is 0. The minimum absolute atomic E-state index is 0.0384. The SMILES string of the molecule is CC1NC(c2ccccc2)CCC1C(=O)O. The summed E-state index contributed by atoms with van der Waals surface area (Å²) < 4.78 is 0. The zero-order valence-corrected chi connectivity index (χ0v) is 9.39. The highest BCUT2D eigenvalue weighted by Crippen LogP contribution is 2.28. The monoisotopic (exact) mass is 219 g/mol. The maximum atomic E-state index is 11.0. The molecule has 3 unspecified atom stereocenters. The fourth-order valence-corrected chi connectivity index (χ4v) is 2.40. The van der Waals surface area contributed by atoms with E-state index in [9.17, 15) is 4.79 Å². The van der Waals surface area contributed by atoms with Crippen molar-refractivity contribution in [2.75, 3.05) is 0 Å². The number of aliphatic carboxylic acids is 1. The summed E-state index contributed by atoms with van der Waals surface area (Å²) in [4.78, 5) is 11.0. The first-order valence-corrected chi connectivity index (χ1v) is 5.72. The number of carboxylic acids is 1. The Balaban J connectivity index is 2.05. The van der Waals surface area contributed by atoms with Gasteiger partial charge in [0.1, 0.15) is 0 Å². The molecule has 1 fully saturated rings. The summed E-state index contributed by atoms with van der Waals surface area (Å²) in [6.45, 7) is 1.95. The van der Waals surface area contributed by atoms with Crippen LogP contribution in [0.4, 0.5) is 0 Å². The minimum atomic E-state index is -0.688. The Hall–Kier alpha value is -1.35. The fraction of sp³-hybridized carbons (Fsp3) is 0.462. The first-order chi connectivity index (χ1) is 7.68. The summed E-state index contributed by atoms with van der Waals surface area (Å²) >= 11 is 0. The van der Waals surface area contributed by atoms with Gasteiger partial charge in [0, 0.05) is 12.1 Å². The van der Waals surface area contributed by atoms with E-state index in [2.05, 4.69) is 17.4 Å². The first-order valence-electron chi connectivity index (χ1n) is 5.72. The third-order valence-electron chi connectivity index (χ3n) is 3.35. The van der Waals surface area contributed by atoms with Crippen LogP contribution in [0.1, 0.15) is 31.4 Å². The van der Waals surface area contributed by atoms with Crippen molar-refractivity contribution in [1.29, 1.82) is 0 Å². The van der Waals surface area contributed by atoms with Gasteiger partial charge in [0.15, 0.2) is 0 Å². The first kappa shape index (κ1) is 11.1. The lowest BCUT2D eigenvalue weighted by Crippen LogP contribution is -2.44. The number of benzene rings is 1. The smallest absolute Gasteiger partial charge is 0.308 e. The molecule has 3 atom stereocenters. The largest absolute Gasteiger partial charge is 0.481 e. The molecule has 1 saturated heterocycles. The third kappa shape index (κ3) is 2.25. The van der Waals surface area contributed by atoms with Crippen LogP contribution in [-0.4, -0.2) is 17.1 Å². The molecule has 0 aliphatic carbocycles. The normalized spacial score (nSPS) is 29.9. The van der Waals surface area contributed by atoms with Crippen molar-refractivity contribution in [2.45, 2.75) is 31.8 Å². The van der Waals surface area contributed by atoms with Gasteiger partial charge in [0.25, 0.3) is 0 Å². The van der Waals surface area contributed by atoms with Crippen molar-refractivity contribution in [1.82, 2.24) is 5.32 Å². The molecule has 1 aliphatic heterocycles. The number of hydrogen-bond donors (Lipinski definition) is 2. The Labute approximate surface area is 95.5 Å². The maximum Gasteiger partial charge on any atom is 0.308 e.